The molecule has 0 aliphatic rings. The van der Waals surface area contributed by atoms with Gasteiger partial charge in [-0.3, -0.25) is 9.36 Å². The second kappa shape index (κ2) is 7.30. The summed E-state index contributed by atoms with van der Waals surface area (Å²) in [4.78, 5) is 17.3. The predicted molar refractivity (Wildman–Crippen MR) is 91.6 cm³/mol. The Bertz CT molecular complexity index is 938. The fraction of sp³-hybridized carbons (Fsp3) is 0.267. The van der Waals surface area contributed by atoms with E-state index in [2.05, 4.69) is 20.4 Å². The molecular formula is C15H14Cl2N6O2. The van der Waals surface area contributed by atoms with Crippen LogP contribution in [-0.2, 0) is 13.1 Å². The van der Waals surface area contributed by atoms with Crippen molar-refractivity contribution in [3.8, 4) is 0 Å². The van der Waals surface area contributed by atoms with E-state index in [4.69, 9.17) is 23.2 Å². The van der Waals surface area contributed by atoms with Gasteiger partial charge in [-0.2, -0.15) is 4.80 Å². The number of rotatable bonds is 5. The molecule has 0 spiro atoms. The van der Waals surface area contributed by atoms with E-state index in [1.807, 2.05) is 0 Å². The van der Waals surface area contributed by atoms with Crippen molar-refractivity contribution in [3.63, 3.8) is 0 Å². The fourth-order valence-corrected chi connectivity index (χ4v) is 2.45. The van der Waals surface area contributed by atoms with Crippen LogP contribution in [0.5, 0.6) is 0 Å². The minimum Gasteiger partial charge on any atom is -0.386 e. The Morgan fingerprint density at radius 1 is 1.24 bits per heavy atom. The number of nitrogens with zero attached hydrogens (tertiary/aromatic N) is 6. The molecule has 0 aliphatic heterocycles. The normalized spacial score (nSPS) is 12.3. The van der Waals surface area contributed by atoms with Crippen LogP contribution in [0.1, 0.15) is 23.1 Å². The van der Waals surface area contributed by atoms with Gasteiger partial charge in [0.2, 0.25) is 0 Å². The third-order valence-electron chi connectivity index (χ3n) is 3.60. The van der Waals surface area contributed by atoms with E-state index in [9.17, 15) is 9.90 Å². The molecule has 1 unspecified atom stereocenters. The smallest absolute Gasteiger partial charge is 0.258 e. The second-order valence-electron chi connectivity index (χ2n) is 5.42. The van der Waals surface area contributed by atoms with Gasteiger partial charge < -0.3 is 5.11 Å². The number of aromatic nitrogens is 6. The van der Waals surface area contributed by atoms with Gasteiger partial charge in [-0.15, -0.1) is 10.2 Å². The maximum Gasteiger partial charge on any atom is 0.258 e. The number of aliphatic hydroxyl groups is 1. The number of hydrogen-bond donors (Lipinski definition) is 1. The zero-order valence-electron chi connectivity index (χ0n) is 13.2. The summed E-state index contributed by atoms with van der Waals surface area (Å²) in [6, 6.07) is 6.85. The van der Waals surface area contributed by atoms with Gasteiger partial charge in [-0.1, -0.05) is 35.3 Å². The molecule has 1 N–H and O–H groups in total. The van der Waals surface area contributed by atoms with Gasteiger partial charge in [0.05, 0.1) is 25.0 Å². The number of aliphatic hydroxyl groups excluding tert-OH is 1. The average Bonchev–Trinajstić information content (AvgIpc) is 3.03. The van der Waals surface area contributed by atoms with Crippen molar-refractivity contribution in [1.29, 1.82) is 0 Å². The summed E-state index contributed by atoms with van der Waals surface area (Å²) in [6.45, 7) is 1.84. The second-order valence-corrected chi connectivity index (χ2v) is 6.22. The maximum atomic E-state index is 12.1. The lowest BCUT2D eigenvalue weighted by Gasteiger charge is -2.09. The lowest BCUT2D eigenvalue weighted by molar-refractivity contribution is 0.144. The first-order valence-corrected chi connectivity index (χ1v) is 8.11. The quantitative estimate of drug-likeness (QED) is 0.675. The third-order valence-corrected chi connectivity index (χ3v) is 4.23. The molecule has 0 bridgehead atoms. The van der Waals surface area contributed by atoms with Crippen LogP contribution >= 0.6 is 23.2 Å². The van der Waals surface area contributed by atoms with Crippen molar-refractivity contribution in [3.05, 3.63) is 68.1 Å². The molecule has 0 radical (unpaired) electrons. The Balaban J connectivity index is 1.71. The minimum absolute atomic E-state index is 0.112. The van der Waals surface area contributed by atoms with Crippen LogP contribution in [0.2, 0.25) is 10.2 Å². The van der Waals surface area contributed by atoms with Crippen molar-refractivity contribution >= 4 is 23.2 Å². The largest absolute Gasteiger partial charge is 0.386 e. The van der Waals surface area contributed by atoms with Gasteiger partial charge in [0.1, 0.15) is 11.3 Å². The third kappa shape index (κ3) is 4.04. The Kier molecular flexibility index (Phi) is 5.12. The molecule has 3 rings (SSSR count). The Hall–Kier alpha value is -2.29. The van der Waals surface area contributed by atoms with Crippen LogP contribution < -0.4 is 5.56 Å². The van der Waals surface area contributed by atoms with Gasteiger partial charge in [0.15, 0.2) is 5.82 Å². The van der Waals surface area contributed by atoms with Gasteiger partial charge in [-0.25, -0.2) is 4.98 Å². The van der Waals surface area contributed by atoms with Crippen molar-refractivity contribution in [1.82, 2.24) is 29.8 Å². The topological polar surface area (TPSA) is 98.7 Å². The van der Waals surface area contributed by atoms with Crippen LogP contribution in [0.3, 0.4) is 0 Å². The zero-order valence-corrected chi connectivity index (χ0v) is 14.7. The molecule has 25 heavy (non-hydrogen) atoms. The highest BCUT2D eigenvalue weighted by Crippen LogP contribution is 2.17. The Morgan fingerprint density at radius 2 is 1.96 bits per heavy atom. The van der Waals surface area contributed by atoms with Gasteiger partial charge >= 0.3 is 0 Å². The van der Waals surface area contributed by atoms with E-state index in [1.165, 1.54) is 15.7 Å². The molecule has 1 aromatic carbocycles. The molecule has 0 saturated heterocycles. The summed E-state index contributed by atoms with van der Waals surface area (Å²) >= 11 is 11.6. The number of benzene rings is 1. The SMILES string of the molecule is Cc1c(Cl)ncn(Cc2nnn(CC(O)c3ccc(Cl)cc3)n2)c1=O. The molecule has 130 valence electrons. The number of halogens is 2. The molecule has 3 aromatic rings. The van der Waals surface area contributed by atoms with Crippen LogP contribution in [0.15, 0.2) is 35.4 Å². The first kappa shape index (κ1) is 17.5. The first-order valence-electron chi connectivity index (χ1n) is 7.36. The summed E-state index contributed by atoms with van der Waals surface area (Å²) in [5.41, 5.74) is 0.782. The molecule has 2 aromatic heterocycles. The number of hydrogen-bond acceptors (Lipinski definition) is 6. The highest BCUT2D eigenvalue weighted by atomic mass is 35.5. The molecule has 10 heteroatoms. The van der Waals surface area contributed by atoms with E-state index in [0.29, 0.717) is 22.0 Å². The standard InChI is InChI=1S/C15H14Cl2N6O2/c1-9-14(17)18-8-22(15(9)25)7-13-19-21-23(20-13)6-12(24)10-2-4-11(16)5-3-10/h2-5,8,12,24H,6-7H2,1H3. The van der Waals surface area contributed by atoms with E-state index in [1.54, 1.807) is 31.2 Å². The van der Waals surface area contributed by atoms with Crippen LogP contribution in [0.4, 0.5) is 0 Å². The van der Waals surface area contributed by atoms with Gasteiger partial charge in [0.25, 0.3) is 5.56 Å². The van der Waals surface area contributed by atoms with Crippen LogP contribution in [0, 0.1) is 6.92 Å². The molecule has 0 amide bonds. The van der Waals surface area contributed by atoms with Gasteiger partial charge in [-0.05, 0) is 29.8 Å². The average molecular weight is 381 g/mol. The summed E-state index contributed by atoms with van der Waals surface area (Å²) in [5.74, 6) is 0.328. The fourth-order valence-electron chi connectivity index (χ4n) is 2.20. The lowest BCUT2D eigenvalue weighted by atomic mass is 10.1. The molecular weight excluding hydrogens is 367 g/mol. The van der Waals surface area contributed by atoms with E-state index in [0.717, 1.165) is 0 Å². The Morgan fingerprint density at radius 3 is 2.68 bits per heavy atom. The maximum absolute atomic E-state index is 12.1. The Labute approximate surface area is 152 Å². The van der Waals surface area contributed by atoms with Crippen molar-refractivity contribution in [2.45, 2.75) is 26.1 Å². The summed E-state index contributed by atoms with van der Waals surface area (Å²) < 4.78 is 1.35. The van der Waals surface area contributed by atoms with Crippen molar-refractivity contribution in [2.75, 3.05) is 0 Å². The highest BCUT2D eigenvalue weighted by Gasteiger charge is 2.13. The molecule has 0 fully saturated rings. The minimum atomic E-state index is -0.804. The van der Waals surface area contributed by atoms with Crippen molar-refractivity contribution in [2.24, 2.45) is 0 Å². The van der Waals surface area contributed by atoms with E-state index >= 15 is 0 Å². The van der Waals surface area contributed by atoms with E-state index < -0.39 is 6.10 Å². The molecule has 0 aliphatic carbocycles. The lowest BCUT2D eigenvalue weighted by Crippen LogP contribution is -2.24. The highest BCUT2D eigenvalue weighted by molar-refractivity contribution is 6.30. The van der Waals surface area contributed by atoms with E-state index in [-0.39, 0.29) is 23.8 Å². The summed E-state index contributed by atoms with van der Waals surface area (Å²) in [6.07, 6.45) is 0.530. The van der Waals surface area contributed by atoms with Crippen molar-refractivity contribution < 1.29 is 5.11 Å². The molecule has 0 saturated carbocycles. The van der Waals surface area contributed by atoms with Gasteiger partial charge in [0, 0.05) is 5.02 Å². The summed E-state index contributed by atoms with van der Waals surface area (Å²) in [5, 5.41) is 22.9. The molecule has 8 nitrogen and oxygen atoms in total. The predicted octanol–water partition coefficient (Wildman–Crippen LogP) is 1.63. The first-order chi connectivity index (χ1) is 11.9. The molecule has 2 heterocycles. The molecule has 1 atom stereocenters. The monoisotopic (exact) mass is 380 g/mol. The van der Waals surface area contributed by atoms with Crippen LogP contribution in [0.25, 0.3) is 0 Å². The number of tetrazole rings is 1. The summed E-state index contributed by atoms with van der Waals surface area (Å²) in [7, 11) is 0. The van der Waals surface area contributed by atoms with Crippen LogP contribution in [-0.4, -0.2) is 34.9 Å². The zero-order chi connectivity index (χ0) is 18.0.